The van der Waals surface area contributed by atoms with E-state index in [1.165, 1.54) is 11.3 Å². The highest BCUT2D eigenvalue weighted by atomic mass is 32.1. The Balaban J connectivity index is 2.66. The SMILES string of the molecule is CC(C)CNc1nc(N)c(C(=O)NCC(C)(C)N(C)C)s1. The van der Waals surface area contributed by atoms with Gasteiger partial charge in [-0.05, 0) is 33.9 Å². The first-order chi connectivity index (χ1) is 9.63. The molecule has 4 N–H and O–H groups in total. The van der Waals surface area contributed by atoms with Crippen LogP contribution in [0.3, 0.4) is 0 Å². The van der Waals surface area contributed by atoms with Crippen LogP contribution >= 0.6 is 11.3 Å². The van der Waals surface area contributed by atoms with Gasteiger partial charge in [0.15, 0.2) is 5.13 Å². The van der Waals surface area contributed by atoms with Gasteiger partial charge in [0.05, 0.1) is 0 Å². The van der Waals surface area contributed by atoms with Crippen LogP contribution in [-0.4, -0.2) is 48.5 Å². The van der Waals surface area contributed by atoms with Crippen molar-refractivity contribution in [2.45, 2.75) is 33.2 Å². The van der Waals surface area contributed by atoms with Crippen LogP contribution in [-0.2, 0) is 0 Å². The lowest BCUT2D eigenvalue weighted by Crippen LogP contribution is -2.48. The van der Waals surface area contributed by atoms with Crippen molar-refractivity contribution in [2.24, 2.45) is 5.92 Å². The van der Waals surface area contributed by atoms with E-state index in [2.05, 4.69) is 48.2 Å². The van der Waals surface area contributed by atoms with Gasteiger partial charge in [-0.2, -0.15) is 0 Å². The number of nitrogens with zero attached hydrogens (tertiary/aromatic N) is 2. The van der Waals surface area contributed by atoms with Crippen LogP contribution in [0, 0.1) is 5.92 Å². The zero-order valence-electron chi connectivity index (χ0n) is 13.8. The second-order valence-electron chi connectivity index (χ2n) is 6.40. The van der Waals surface area contributed by atoms with Crippen molar-refractivity contribution in [2.75, 3.05) is 38.2 Å². The summed E-state index contributed by atoms with van der Waals surface area (Å²) in [5.41, 5.74) is 5.72. The van der Waals surface area contributed by atoms with Crippen LogP contribution in [0.1, 0.15) is 37.4 Å². The molecule has 0 unspecified atom stereocenters. The van der Waals surface area contributed by atoms with Crippen molar-refractivity contribution in [3.8, 4) is 0 Å². The van der Waals surface area contributed by atoms with Gasteiger partial charge in [-0.25, -0.2) is 4.98 Å². The highest BCUT2D eigenvalue weighted by Crippen LogP contribution is 2.25. The molecule has 0 saturated heterocycles. The highest BCUT2D eigenvalue weighted by molar-refractivity contribution is 7.18. The number of aromatic nitrogens is 1. The predicted molar refractivity (Wildman–Crippen MR) is 90.0 cm³/mol. The molecule has 0 aliphatic rings. The van der Waals surface area contributed by atoms with Crippen molar-refractivity contribution in [3.63, 3.8) is 0 Å². The Morgan fingerprint density at radius 3 is 2.57 bits per heavy atom. The van der Waals surface area contributed by atoms with E-state index in [0.29, 0.717) is 22.5 Å². The zero-order chi connectivity index (χ0) is 16.2. The number of hydrogen-bond donors (Lipinski definition) is 3. The summed E-state index contributed by atoms with van der Waals surface area (Å²) in [7, 11) is 3.97. The molecule has 0 atom stereocenters. The van der Waals surface area contributed by atoms with E-state index in [0.717, 1.165) is 6.54 Å². The second-order valence-corrected chi connectivity index (χ2v) is 7.40. The molecule has 1 aromatic rings. The minimum Gasteiger partial charge on any atom is -0.382 e. The average Bonchev–Trinajstić information content (AvgIpc) is 2.75. The summed E-state index contributed by atoms with van der Waals surface area (Å²) < 4.78 is 0. The van der Waals surface area contributed by atoms with Crippen LogP contribution in [0.25, 0.3) is 0 Å². The molecule has 0 bridgehead atoms. The molecule has 0 fully saturated rings. The van der Waals surface area contributed by atoms with Gasteiger partial charge in [0.1, 0.15) is 10.7 Å². The molecule has 120 valence electrons. The maximum Gasteiger partial charge on any atom is 0.265 e. The van der Waals surface area contributed by atoms with Crippen LogP contribution in [0.15, 0.2) is 0 Å². The number of nitrogens with one attached hydrogen (secondary N) is 2. The lowest BCUT2D eigenvalue weighted by molar-refractivity contribution is 0.0924. The standard InChI is InChI=1S/C14H27N5OS/c1-9(2)7-16-13-18-11(15)10(21-13)12(20)17-8-14(3,4)19(5)6/h9H,7-8,15H2,1-6H3,(H,16,18)(H,17,20). The number of nitrogen functional groups attached to an aromatic ring is 1. The summed E-state index contributed by atoms with van der Waals surface area (Å²) in [5.74, 6) is 0.622. The summed E-state index contributed by atoms with van der Waals surface area (Å²) in [5, 5.41) is 6.80. The first kappa shape index (κ1) is 17.7. The Hall–Kier alpha value is -1.34. The maximum absolute atomic E-state index is 12.2. The molecule has 1 amide bonds. The summed E-state index contributed by atoms with van der Waals surface area (Å²) in [6.45, 7) is 9.71. The molecule has 0 spiro atoms. The zero-order valence-corrected chi connectivity index (χ0v) is 14.6. The Morgan fingerprint density at radius 1 is 1.43 bits per heavy atom. The number of nitrogens with two attached hydrogens (primary N) is 1. The van der Waals surface area contributed by atoms with Crippen molar-refractivity contribution in [1.82, 2.24) is 15.2 Å². The third kappa shape index (κ3) is 5.17. The molecule has 0 saturated carbocycles. The maximum atomic E-state index is 12.2. The molecule has 21 heavy (non-hydrogen) atoms. The summed E-state index contributed by atoms with van der Waals surface area (Å²) in [6, 6.07) is 0. The lowest BCUT2D eigenvalue weighted by Gasteiger charge is -2.32. The number of carbonyl (C=O) groups excluding carboxylic acids is 1. The summed E-state index contributed by atoms with van der Waals surface area (Å²) >= 11 is 1.30. The number of rotatable bonds is 7. The Bertz CT molecular complexity index is 482. The summed E-state index contributed by atoms with van der Waals surface area (Å²) in [6.07, 6.45) is 0. The van der Waals surface area contributed by atoms with E-state index in [-0.39, 0.29) is 17.3 Å². The normalized spacial score (nSPS) is 12.0. The smallest absolute Gasteiger partial charge is 0.265 e. The Kier molecular flexibility index (Phi) is 5.98. The van der Waals surface area contributed by atoms with Crippen LogP contribution in [0.2, 0.25) is 0 Å². The van der Waals surface area contributed by atoms with Crippen molar-refractivity contribution >= 4 is 28.2 Å². The van der Waals surface area contributed by atoms with E-state index in [1.807, 2.05) is 14.1 Å². The Labute approximate surface area is 131 Å². The van der Waals surface area contributed by atoms with Crippen molar-refractivity contribution in [3.05, 3.63) is 4.88 Å². The molecule has 1 rings (SSSR count). The molecule has 0 aliphatic heterocycles. The number of thiazole rings is 1. The molecule has 7 heteroatoms. The van der Waals surface area contributed by atoms with Gasteiger partial charge < -0.3 is 21.3 Å². The van der Waals surface area contributed by atoms with E-state index in [4.69, 9.17) is 5.73 Å². The third-order valence-electron chi connectivity index (χ3n) is 3.41. The number of carbonyl (C=O) groups is 1. The molecular formula is C14H27N5OS. The number of likely N-dealkylation sites (N-methyl/N-ethyl adjacent to an activating group) is 1. The van der Waals surface area contributed by atoms with Gasteiger partial charge >= 0.3 is 0 Å². The average molecular weight is 313 g/mol. The monoisotopic (exact) mass is 313 g/mol. The first-order valence-corrected chi connectivity index (χ1v) is 7.91. The fraction of sp³-hybridized carbons (Fsp3) is 0.714. The fourth-order valence-electron chi connectivity index (χ4n) is 1.40. The van der Waals surface area contributed by atoms with Gasteiger partial charge in [0.25, 0.3) is 5.91 Å². The quantitative estimate of drug-likeness (QED) is 0.716. The number of amides is 1. The first-order valence-electron chi connectivity index (χ1n) is 7.09. The van der Waals surface area contributed by atoms with E-state index >= 15 is 0 Å². The lowest BCUT2D eigenvalue weighted by atomic mass is 10.0. The topological polar surface area (TPSA) is 83.3 Å². The van der Waals surface area contributed by atoms with Gasteiger partial charge in [-0.3, -0.25) is 4.79 Å². The van der Waals surface area contributed by atoms with E-state index < -0.39 is 0 Å². The van der Waals surface area contributed by atoms with Crippen LogP contribution in [0.5, 0.6) is 0 Å². The van der Waals surface area contributed by atoms with Crippen molar-refractivity contribution in [1.29, 1.82) is 0 Å². The fourth-order valence-corrected chi connectivity index (χ4v) is 2.20. The van der Waals surface area contributed by atoms with Crippen molar-refractivity contribution < 1.29 is 4.79 Å². The minimum atomic E-state index is -0.169. The number of hydrogen-bond acceptors (Lipinski definition) is 6. The Morgan fingerprint density at radius 2 is 2.05 bits per heavy atom. The molecular weight excluding hydrogens is 286 g/mol. The second kappa shape index (κ2) is 7.09. The molecule has 1 aromatic heterocycles. The van der Waals surface area contributed by atoms with Gasteiger partial charge in [-0.15, -0.1) is 0 Å². The van der Waals surface area contributed by atoms with E-state index in [9.17, 15) is 4.79 Å². The highest BCUT2D eigenvalue weighted by Gasteiger charge is 2.23. The summed E-state index contributed by atoms with van der Waals surface area (Å²) in [4.78, 5) is 19.0. The molecule has 0 aromatic carbocycles. The minimum absolute atomic E-state index is 0.117. The molecule has 0 radical (unpaired) electrons. The number of anilines is 2. The largest absolute Gasteiger partial charge is 0.382 e. The molecule has 0 aliphatic carbocycles. The predicted octanol–water partition coefficient (Wildman–Crippen LogP) is 1.86. The third-order valence-corrected chi connectivity index (χ3v) is 4.44. The van der Waals surface area contributed by atoms with Gasteiger partial charge in [0.2, 0.25) is 0 Å². The van der Waals surface area contributed by atoms with E-state index in [1.54, 1.807) is 0 Å². The van der Waals surface area contributed by atoms with Crippen LogP contribution in [0.4, 0.5) is 10.9 Å². The van der Waals surface area contributed by atoms with Crippen LogP contribution < -0.4 is 16.4 Å². The molecule has 6 nitrogen and oxygen atoms in total. The van der Waals surface area contributed by atoms with Gasteiger partial charge in [-0.1, -0.05) is 25.2 Å². The molecule has 1 heterocycles. The van der Waals surface area contributed by atoms with Gasteiger partial charge in [0, 0.05) is 18.6 Å².